The lowest BCUT2D eigenvalue weighted by Crippen LogP contribution is -2.22. The molecule has 0 unspecified atom stereocenters. The highest BCUT2D eigenvalue weighted by Crippen LogP contribution is 2.29. The van der Waals surface area contributed by atoms with E-state index in [0.717, 1.165) is 12.5 Å². The molecular weight excluding hydrogens is 267 g/mol. The Morgan fingerprint density at radius 1 is 1.50 bits per heavy atom. The fourth-order valence-corrected chi connectivity index (χ4v) is 1.48. The van der Waals surface area contributed by atoms with Crippen LogP contribution in [0.3, 0.4) is 0 Å². The van der Waals surface area contributed by atoms with Crippen molar-refractivity contribution in [2.75, 3.05) is 11.9 Å². The highest BCUT2D eigenvalue weighted by atomic mass is 19.1. The highest BCUT2D eigenvalue weighted by Gasteiger charge is 2.23. The van der Waals surface area contributed by atoms with Gasteiger partial charge < -0.3 is 10.4 Å². The van der Waals surface area contributed by atoms with Crippen LogP contribution in [0.15, 0.2) is 12.1 Å². The first-order valence-electron chi connectivity index (χ1n) is 6.13. The van der Waals surface area contributed by atoms with E-state index in [4.69, 9.17) is 5.11 Å². The Labute approximate surface area is 115 Å². The number of nitro groups is 1. The maximum atomic E-state index is 13.5. The summed E-state index contributed by atoms with van der Waals surface area (Å²) < 4.78 is 13.5. The normalized spacial score (nSPS) is 11.2. The molecule has 1 rings (SSSR count). The van der Waals surface area contributed by atoms with Crippen LogP contribution >= 0.6 is 0 Å². The lowest BCUT2D eigenvalue weighted by molar-refractivity contribution is -0.384. The number of rotatable bonds is 6. The molecule has 0 aliphatic carbocycles. The molecule has 0 saturated carbocycles. The zero-order valence-corrected chi connectivity index (χ0v) is 11.6. The van der Waals surface area contributed by atoms with Gasteiger partial charge in [-0.2, -0.15) is 0 Å². The largest absolute Gasteiger partial charge is 0.478 e. The van der Waals surface area contributed by atoms with Crippen LogP contribution < -0.4 is 5.32 Å². The number of carbonyl (C=O) groups is 1. The standard InChI is InChI=1S/C13H17FN2O4/c1-4-13(2,3)7-15-10-5-8(12(17)18)9(14)6-11(10)16(19)20/h5-6,15H,4,7H2,1-3H3,(H,17,18). The molecule has 0 atom stereocenters. The van der Waals surface area contributed by atoms with E-state index in [1.165, 1.54) is 0 Å². The first kappa shape index (κ1) is 15.9. The molecule has 0 amide bonds. The van der Waals surface area contributed by atoms with Gasteiger partial charge in [-0.1, -0.05) is 20.8 Å². The van der Waals surface area contributed by atoms with Gasteiger partial charge in [0.1, 0.15) is 11.5 Å². The van der Waals surface area contributed by atoms with Crippen LogP contribution in [0.25, 0.3) is 0 Å². The first-order valence-corrected chi connectivity index (χ1v) is 6.13. The van der Waals surface area contributed by atoms with Gasteiger partial charge in [-0.3, -0.25) is 10.1 Å². The van der Waals surface area contributed by atoms with Crippen LogP contribution in [0.1, 0.15) is 37.6 Å². The molecule has 0 aromatic heterocycles. The Bertz CT molecular complexity index is 543. The molecular formula is C13H17FN2O4. The van der Waals surface area contributed by atoms with Gasteiger partial charge in [0.05, 0.1) is 16.6 Å². The number of hydrogen-bond donors (Lipinski definition) is 2. The van der Waals surface area contributed by atoms with Gasteiger partial charge in [0.2, 0.25) is 0 Å². The van der Waals surface area contributed by atoms with Crippen LogP contribution in [0.5, 0.6) is 0 Å². The fraction of sp³-hybridized carbons (Fsp3) is 0.462. The molecule has 7 heteroatoms. The van der Waals surface area contributed by atoms with Gasteiger partial charge in [0.25, 0.3) is 5.69 Å². The molecule has 0 saturated heterocycles. The fourth-order valence-electron chi connectivity index (χ4n) is 1.48. The van der Waals surface area contributed by atoms with Crippen LogP contribution in [0.2, 0.25) is 0 Å². The Hall–Kier alpha value is -2.18. The molecule has 20 heavy (non-hydrogen) atoms. The summed E-state index contributed by atoms with van der Waals surface area (Å²) in [5.41, 5.74) is -1.17. The third kappa shape index (κ3) is 3.66. The molecule has 0 heterocycles. The predicted octanol–water partition coefficient (Wildman–Crippen LogP) is 3.28. The second kappa shape index (κ2) is 5.85. The second-order valence-corrected chi connectivity index (χ2v) is 5.28. The summed E-state index contributed by atoms with van der Waals surface area (Å²) in [6.07, 6.45) is 0.834. The number of nitro benzene ring substituents is 1. The summed E-state index contributed by atoms with van der Waals surface area (Å²) in [5, 5.41) is 22.6. The molecule has 110 valence electrons. The second-order valence-electron chi connectivity index (χ2n) is 5.28. The lowest BCUT2D eigenvalue weighted by atomic mass is 9.90. The van der Waals surface area contributed by atoms with Crippen molar-refractivity contribution in [3.05, 3.63) is 33.6 Å². The van der Waals surface area contributed by atoms with E-state index in [1.807, 2.05) is 20.8 Å². The van der Waals surface area contributed by atoms with Gasteiger partial charge in [0.15, 0.2) is 0 Å². The molecule has 1 aromatic carbocycles. The van der Waals surface area contributed by atoms with E-state index in [9.17, 15) is 19.3 Å². The average Bonchev–Trinajstić information content (AvgIpc) is 2.36. The van der Waals surface area contributed by atoms with E-state index >= 15 is 0 Å². The maximum Gasteiger partial charge on any atom is 0.338 e. The zero-order valence-electron chi connectivity index (χ0n) is 11.6. The van der Waals surface area contributed by atoms with Crippen LogP contribution in [0, 0.1) is 21.3 Å². The predicted molar refractivity (Wildman–Crippen MR) is 72.6 cm³/mol. The molecule has 0 aliphatic rings. The van der Waals surface area contributed by atoms with Crippen molar-refractivity contribution in [3.8, 4) is 0 Å². The first-order chi connectivity index (χ1) is 9.18. The topological polar surface area (TPSA) is 92.5 Å². The Balaban J connectivity index is 3.18. The number of nitrogens with zero attached hydrogens (tertiary/aromatic N) is 1. The Kier molecular flexibility index (Phi) is 4.65. The zero-order chi connectivity index (χ0) is 15.5. The third-order valence-corrected chi connectivity index (χ3v) is 3.23. The van der Waals surface area contributed by atoms with Crippen molar-refractivity contribution in [2.24, 2.45) is 5.41 Å². The van der Waals surface area contributed by atoms with Crippen molar-refractivity contribution >= 4 is 17.3 Å². The smallest absolute Gasteiger partial charge is 0.338 e. The van der Waals surface area contributed by atoms with Crippen molar-refractivity contribution in [1.82, 2.24) is 0 Å². The number of halogens is 1. The highest BCUT2D eigenvalue weighted by molar-refractivity contribution is 5.90. The average molecular weight is 284 g/mol. The van der Waals surface area contributed by atoms with Crippen LogP contribution in [0.4, 0.5) is 15.8 Å². The number of aromatic carboxylic acids is 1. The molecule has 2 N–H and O–H groups in total. The van der Waals surface area contributed by atoms with Gasteiger partial charge in [-0.05, 0) is 17.9 Å². The van der Waals surface area contributed by atoms with Gasteiger partial charge >= 0.3 is 5.97 Å². The molecule has 0 radical (unpaired) electrons. The minimum absolute atomic E-state index is 0.00956. The van der Waals surface area contributed by atoms with Gasteiger partial charge in [-0.25, -0.2) is 9.18 Å². The van der Waals surface area contributed by atoms with Crippen molar-refractivity contribution in [3.63, 3.8) is 0 Å². The molecule has 0 spiro atoms. The number of carboxylic acids is 1. The number of hydrogen-bond acceptors (Lipinski definition) is 4. The summed E-state index contributed by atoms with van der Waals surface area (Å²) in [4.78, 5) is 21.0. The molecule has 0 aliphatic heterocycles. The molecule has 1 aromatic rings. The van der Waals surface area contributed by atoms with Gasteiger partial charge in [-0.15, -0.1) is 0 Å². The lowest BCUT2D eigenvalue weighted by Gasteiger charge is -2.23. The van der Waals surface area contributed by atoms with Crippen LogP contribution in [-0.2, 0) is 0 Å². The molecule has 6 nitrogen and oxygen atoms in total. The summed E-state index contributed by atoms with van der Waals surface area (Å²) in [6.45, 7) is 6.32. The SMILES string of the molecule is CCC(C)(C)CNc1cc(C(=O)O)c(F)cc1[N+](=O)[O-]. The van der Waals surface area contributed by atoms with E-state index in [2.05, 4.69) is 5.32 Å². The maximum absolute atomic E-state index is 13.5. The Morgan fingerprint density at radius 2 is 2.10 bits per heavy atom. The van der Waals surface area contributed by atoms with Crippen molar-refractivity contribution < 1.29 is 19.2 Å². The van der Waals surface area contributed by atoms with E-state index in [-0.39, 0.29) is 11.1 Å². The van der Waals surface area contributed by atoms with E-state index < -0.39 is 28.0 Å². The molecule has 0 bridgehead atoms. The summed E-state index contributed by atoms with van der Waals surface area (Å²) in [6, 6.07) is 1.59. The minimum atomic E-state index is -1.46. The summed E-state index contributed by atoms with van der Waals surface area (Å²) >= 11 is 0. The summed E-state index contributed by atoms with van der Waals surface area (Å²) in [7, 11) is 0. The number of benzene rings is 1. The Morgan fingerprint density at radius 3 is 2.55 bits per heavy atom. The van der Waals surface area contributed by atoms with Crippen molar-refractivity contribution in [2.45, 2.75) is 27.2 Å². The quantitative estimate of drug-likeness (QED) is 0.617. The van der Waals surface area contributed by atoms with Gasteiger partial charge in [0, 0.05) is 6.54 Å². The summed E-state index contributed by atoms with van der Waals surface area (Å²) in [5.74, 6) is -2.58. The number of anilines is 1. The van der Waals surface area contributed by atoms with Crippen LogP contribution in [-0.4, -0.2) is 22.5 Å². The number of carboxylic acid groups (broad SMARTS) is 1. The molecule has 0 fully saturated rings. The van der Waals surface area contributed by atoms with E-state index in [0.29, 0.717) is 12.6 Å². The van der Waals surface area contributed by atoms with Crippen molar-refractivity contribution in [1.29, 1.82) is 0 Å². The van der Waals surface area contributed by atoms with E-state index in [1.54, 1.807) is 0 Å². The minimum Gasteiger partial charge on any atom is -0.478 e. The monoisotopic (exact) mass is 284 g/mol. The number of nitrogens with one attached hydrogen (secondary N) is 1. The third-order valence-electron chi connectivity index (χ3n) is 3.23.